The van der Waals surface area contributed by atoms with Crippen molar-refractivity contribution < 1.29 is 26.3 Å². The number of hydrogen-bond donors (Lipinski definition) is 0. The molecule has 6 unspecified atom stereocenters. The molecule has 0 heterocycles. The van der Waals surface area contributed by atoms with Crippen molar-refractivity contribution in [1.82, 2.24) is 0 Å². The van der Waals surface area contributed by atoms with Gasteiger partial charge in [-0.1, -0.05) is 40.5 Å². The van der Waals surface area contributed by atoms with Gasteiger partial charge in [-0.3, -0.25) is 0 Å². The second kappa shape index (κ2) is 6.95. The second-order valence-electron chi connectivity index (χ2n) is 8.79. The van der Waals surface area contributed by atoms with E-state index >= 15 is 0 Å². The van der Waals surface area contributed by atoms with Crippen molar-refractivity contribution in [2.75, 3.05) is 0 Å². The predicted molar refractivity (Wildman–Crippen MR) is 85.9 cm³/mol. The first-order valence-corrected chi connectivity index (χ1v) is 9.45. The zero-order valence-electron chi connectivity index (χ0n) is 15.5. The molecule has 2 rings (SSSR count). The van der Waals surface area contributed by atoms with Crippen LogP contribution in [0.4, 0.5) is 26.3 Å². The minimum absolute atomic E-state index is 0.0145. The summed E-state index contributed by atoms with van der Waals surface area (Å²) in [5.41, 5.74) is -3.55. The molecule has 2 aliphatic rings. The maximum absolute atomic E-state index is 14.2. The van der Waals surface area contributed by atoms with E-state index in [0.717, 1.165) is 0 Å². The molecule has 0 bridgehead atoms. The number of rotatable bonds is 2. The van der Waals surface area contributed by atoms with E-state index in [1.165, 1.54) is 0 Å². The smallest absolute Gasteiger partial charge is 0.170 e. The minimum atomic E-state index is -5.26. The van der Waals surface area contributed by atoms with E-state index in [9.17, 15) is 26.3 Å². The fraction of sp³-hybridized carbons (Fsp3) is 1.00. The van der Waals surface area contributed by atoms with E-state index in [1.807, 2.05) is 13.8 Å². The van der Waals surface area contributed by atoms with E-state index in [0.29, 0.717) is 12.8 Å². The van der Waals surface area contributed by atoms with Crippen molar-refractivity contribution in [2.24, 2.45) is 40.9 Å². The highest BCUT2D eigenvalue weighted by Gasteiger charge is 2.76. The van der Waals surface area contributed by atoms with Crippen LogP contribution in [0, 0.1) is 40.9 Å². The summed E-state index contributed by atoms with van der Waals surface area (Å²) in [5, 5.41) is 0. The van der Waals surface area contributed by atoms with Crippen LogP contribution in [0.1, 0.15) is 66.2 Å². The molecule has 0 N–H and O–H groups in total. The molecule has 0 amide bonds. The molecule has 2 aliphatic carbocycles. The Morgan fingerprint density at radius 1 is 0.520 bits per heavy atom. The standard InChI is InChI=1S/C19H30F6/c1-11-5-7-15(9-13(11)3)17(18(20,21)22,19(23,24)25)16-8-6-12(2)14(4)10-16/h11-16H,5-10H2,1-4H3. The van der Waals surface area contributed by atoms with Crippen LogP contribution in [-0.4, -0.2) is 12.4 Å². The Bertz CT molecular complexity index is 410. The van der Waals surface area contributed by atoms with Gasteiger partial charge in [0.1, 0.15) is 0 Å². The topological polar surface area (TPSA) is 0 Å². The number of hydrogen-bond acceptors (Lipinski definition) is 0. The molecule has 0 aliphatic heterocycles. The maximum atomic E-state index is 14.2. The largest absolute Gasteiger partial charge is 0.403 e. The lowest BCUT2D eigenvalue weighted by Gasteiger charge is -2.53. The molecule has 2 fully saturated rings. The number of alkyl halides is 6. The predicted octanol–water partition coefficient (Wildman–Crippen LogP) is 7.24. The average Bonchev–Trinajstić information content (AvgIpc) is 2.44. The lowest BCUT2D eigenvalue weighted by Crippen LogP contribution is -2.61. The van der Waals surface area contributed by atoms with Crippen molar-refractivity contribution in [3.8, 4) is 0 Å². The van der Waals surface area contributed by atoms with Crippen LogP contribution in [0.3, 0.4) is 0 Å². The second-order valence-corrected chi connectivity index (χ2v) is 8.79. The van der Waals surface area contributed by atoms with Gasteiger partial charge in [-0.25, -0.2) is 0 Å². The lowest BCUT2D eigenvalue weighted by molar-refractivity contribution is -0.384. The van der Waals surface area contributed by atoms with Crippen LogP contribution in [0.25, 0.3) is 0 Å². The SMILES string of the molecule is CC1CCC(C(C2CCC(C)C(C)C2)(C(F)(F)F)C(F)(F)F)CC1C. The van der Waals surface area contributed by atoms with Gasteiger partial charge in [0.2, 0.25) is 0 Å². The highest BCUT2D eigenvalue weighted by Crippen LogP contribution is 2.65. The van der Waals surface area contributed by atoms with E-state index in [1.54, 1.807) is 13.8 Å². The Kier molecular flexibility index (Phi) is 5.81. The first-order valence-electron chi connectivity index (χ1n) is 9.45. The molecule has 0 saturated heterocycles. The normalized spacial score (nSPS) is 38.6. The van der Waals surface area contributed by atoms with Crippen molar-refractivity contribution in [3.05, 3.63) is 0 Å². The average molecular weight is 372 g/mol. The molecule has 25 heavy (non-hydrogen) atoms. The Hall–Kier alpha value is -0.420. The lowest BCUT2D eigenvalue weighted by atomic mass is 9.54. The van der Waals surface area contributed by atoms with Crippen LogP contribution in [-0.2, 0) is 0 Å². The van der Waals surface area contributed by atoms with Crippen LogP contribution in [0.2, 0.25) is 0 Å². The first-order chi connectivity index (χ1) is 11.3. The Balaban J connectivity index is 2.50. The fourth-order valence-electron chi connectivity index (χ4n) is 5.34. The van der Waals surface area contributed by atoms with Gasteiger partial charge in [-0.05, 0) is 61.2 Å². The van der Waals surface area contributed by atoms with Crippen LogP contribution < -0.4 is 0 Å². The molecular formula is C19H30F6. The molecule has 6 atom stereocenters. The molecule has 0 spiro atoms. The Morgan fingerprint density at radius 2 is 0.840 bits per heavy atom. The molecule has 0 aromatic rings. The van der Waals surface area contributed by atoms with Gasteiger partial charge in [-0.2, -0.15) is 26.3 Å². The van der Waals surface area contributed by atoms with E-state index < -0.39 is 29.6 Å². The van der Waals surface area contributed by atoms with Gasteiger partial charge in [0.15, 0.2) is 5.41 Å². The van der Waals surface area contributed by atoms with Gasteiger partial charge < -0.3 is 0 Å². The van der Waals surface area contributed by atoms with E-state index in [-0.39, 0.29) is 49.4 Å². The van der Waals surface area contributed by atoms with Gasteiger partial charge in [-0.15, -0.1) is 0 Å². The summed E-state index contributed by atoms with van der Waals surface area (Å²) in [6.07, 6.45) is -9.57. The van der Waals surface area contributed by atoms with Gasteiger partial charge in [0.25, 0.3) is 0 Å². The summed E-state index contributed by atoms with van der Waals surface area (Å²) in [6.45, 7) is 7.43. The molecule has 0 radical (unpaired) electrons. The molecule has 2 saturated carbocycles. The van der Waals surface area contributed by atoms with E-state index in [4.69, 9.17) is 0 Å². The summed E-state index contributed by atoms with van der Waals surface area (Å²) in [6, 6.07) is 0. The third-order valence-electron chi connectivity index (χ3n) is 7.42. The summed E-state index contributed by atoms with van der Waals surface area (Å²) < 4.78 is 85.0. The van der Waals surface area contributed by atoms with Crippen LogP contribution in [0.5, 0.6) is 0 Å². The number of halogens is 6. The van der Waals surface area contributed by atoms with Gasteiger partial charge >= 0.3 is 12.4 Å². The summed E-state index contributed by atoms with van der Waals surface area (Å²) in [4.78, 5) is 0. The zero-order chi connectivity index (χ0) is 19.2. The highest BCUT2D eigenvalue weighted by atomic mass is 19.4. The fourth-order valence-corrected chi connectivity index (χ4v) is 5.34. The van der Waals surface area contributed by atoms with Crippen molar-refractivity contribution in [1.29, 1.82) is 0 Å². The molecule has 6 heteroatoms. The molecule has 0 aromatic heterocycles. The summed E-state index contributed by atoms with van der Waals surface area (Å²) in [5.74, 6) is -2.57. The van der Waals surface area contributed by atoms with Crippen LogP contribution >= 0.6 is 0 Å². The first kappa shape index (κ1) is 20.9. The van der Waals surface area contributed by atoms with Crippen molar-refractivity contribution in [3.63, 3.8) is 0 Å². The molecular weight excluding hydrogens is 342 g/mol. The summed E-state index contributed by atoms with van der Waals surface area (Å²) in [7, 11) is 0. The minimum Gasteiger partial charge on any atom is -0.170 e. The molecule has 0 nitrogen and oxygen atoms in total. The summed E-state index contributed by atoms with van der Waals surface area (Å²) >= 11 is 0. The van der Waals surface area contributed by atoms with Gasteiger partial charge in [0, 0.05) is 0 Å². The van der Waals surface area contributed by atoms with Crippen molar-refractivity contribution >= 4 is 0 Å². The van der Waals surface area contributed by atoms with Crippen LogP contribution in [0.15, 0.2) is 0 Å². The Morgan fingerprint density at radius 3 is 1.08 bits per heavy atom. The van der Waals surface area contributed by atoms with Gasteiger partial charge in [0.05, 0.1) is 0 Å². The zero-order valence-corrected chi connectivity index (χ0v) is 15.5. The third-order valence-corrected chi connectivity index (χ3v) is 7.42. The van der Waals surface area contributed by atoms with E-state index in [2.05, 4.69) is 0 Å². The quantitative estimate of drug-likeness (QED) is 0.448. The monoisotopic (exact) mass is 372 g/mol. The van der Waals surface area contributed by atoms with Crippen molar-refractivity contribution in [2.45, 2.75) is 78.6 Å². The Labute approximate surface area is 146 Å². The third kappa shape index (κ3) is 3.55. The molecule has 148 valence electrons. The highest BCUT2D eigenvalue weighted by molar-refractivity contribution is 5.05. The molecule has 0 aromatic carbocycles. The maximum Gasteiger partial charge on any atom is 0.403 e.